The molecule has 1 aromatic carbocycles. The molecule has 3 rings (SSSR count). The summed E-state index contributed by atoms with van der Waals surface area (Å²) >= 11 is 0. The van der Waals surface area contributed by atoms with Crippen LogP contribution in [0.15, 0.2) is 42.6 Å². The molecule has 0 unspecified atom stereocenters. The number of aliphatic carboxylic acids is 1. The monoisotopic (exact) mass is 282 g/mol. The second kappa shape index (κ2) is 4.82. The minimum absolute atomic E-state index is 0.0751. The van der Waals surface area contributed by atoms with Gasteiger partial charge in [-0.1, -0.05) is 18.2 Å². The number of pyridine rings is 1. The van der Waals surface area contributed by atoms with Gasteiger partial charge in [0.1, 0.15) is 5.82 Å². The lowest BCUT2D eigenvalue weighted by atomic mass is 10.1. The zero-order valence-corrected chi connectivity index (χ0v) is 10.8. The van der Waals surface area contributed by atoms with E-state index in [2.05, 4.69) is 4.98 Å². The van der Waals surface area contributed by atoms with Gasteiger partial charge in [0.25, 0.3) is 11.8 Å². The van der Waals surface area contributed by atoms with Crippen molar-refractivity contribution in [2.45, 2.75) is 6.42 Å². The van der Waals surface area contributed by atoms with Gasteiger partial charge in [-0.25, -0.2) is 9.88 Å². The van der Waals surface area contributed by atoms with Gasteiger partial charge in [-0.2, -0.15) is 0 Å². The van der Waals surface area contributed by atoms with E-state index in [0.717, 1.165) is 4.90 Å². The Balaban J connectivity index is 2.09. The Labute approximate surface area is 119 Å². The summed E-state index contributed by atoms with van der Waals surface area (Å²) in [7, 11) is 0. The SMILES string of the molecule is O=C(O)Cc1cccnc1N1C(=O)c2ccccc2C1=O. The molecule has 6 heteroatoms. The molecular weight excluding hydrogens is 272 g/mol. The largest absolute Gasteiger partial charge is 0.481 e. The smallest absolute Gasteiger partial charge is 0.307 e. The second-order valence-electron chi connectivity index (χ2n) is 4.55. The molecule has 2 heterocycles. The normalized spacial score (nSPS) is 13.4. The number of imide groups is 1. The Kier molecular flexibility index (Phi) is 2.98. The maximum atomic E-state index is 12.4. The molecule has 0 atom stereocenters. The first-order chi connectivity index (χ1) is 10.1. The van der Waals surface area contributed by atoms with E-state index < -0.39 is 17.8 Å². The Morgan fingerprint density at radius 1 is 1.05 bits per heavy atom. The van der Waals surface area contributed by atoms with Gasteiger partial charge in [-0.15, -0.1) is 0 Å². The third kappa shape index (κ3) is 2.06. The van der Waals surface area contributed by atoms with Gasteiger partial charge in [-0.05, 0) is 18.2 Å². The van der Waals surface area contributed by atoms with Crippen molar-refractivity contribution >= 4 is 23.6 Å². The zero-order valence-electron chi connectivity index (χ0n) is 10.8. The van der Waals surface area contributed by atoms with E-state index >= 15 is 0 Å². The van der Waals surface area contributed by atoms with E-state index in [1.165, 1.54) is 6.20 Å². The summed E-state index contributed by atoms with van der Waals surface area (Å²) in [5.74, 6) is -1.95. The quantitative estimate of drug-likeness (QED) is 0.862. The van der Waals surface area contributed by atoms with Crippen LogP contribution in [0.2, 0.25) is 0 Å². The zero-order chi connectivity index (χ0) is 15.0. The van der Waals surface area contributed by atoms with Crippen molar-refractivity contribution in [2.24, 2.45) is 0 Å². The van der Waals surface area contributed by atoms with E-state index in [0.29, 0.717) is 16.7 Å². The summed E-state index contributed by atoms with van der Waals surface area (Å²) < 4.78 is 0. The summed E-state index contributed by atoms with van der Waals surface area (Å²) in [6, 6.07) is 9.58. The van der Waals surface area contributed by atoms with E-state index in [1.54, 1.807) is 36.4 Å². The number of carbonyl (C=O) groups excluding carboxylic acids is 2. The van der Waals surface area contributed by atoms with Gasteiger partial charge >= 0.3 is 5.97 Å². The van der Waals surface area contributed by atoms with Crippen LogP contribution in [0.25, 0.3) is 0 Å². The van der Waals surface area contributed by atoms with Gasteiger partial charge < -0.3 is 5.11 Å². The van der Waals surface area contributed by atoms with Crippen molar-refractivity contribution in [1.82, 2.24) is 4.98 Å². The number of carboxylic acids is 1. The lowest BCUT2D eigenvalue weighted by Crippen LogP contribution is -2.31. The van der Waals surface area contributed by atoms with Gasteiger partial charge in [0, 0.05) is 11.8 Å². The summed E-state index contributed by atoms with van der Waals surface area (Å²) in [5.41, 5.74) is 0.920. The lowest BCUT2D eigenvalue weighted by molar-refractivity contribution is -0.136. The number of rotatable bonds is 3. The first-order valence-corrected chi connectivity index (χ1v) is 6.23. The van der Waals surface area contributed by atoms with Gasteiger partial charge in [0.2, 0.25) is 0 Å². The number of fused-ring (bicyclic) bond motifs is 1. The van der Waals surface area contributed by atoms with Gasteiger partial charge in [0.15, 0.2) is 0 Å². The second-order valence-corrected chi connectivity index (χ2v) is 4.55. The van der Waals surface area contributed by atoms with E-state index in [9.17, 15) is 14.4 Å². The molecule has 0 saturated heterocycles. The lowest BCUT2D eigenvalue weighted by Gasteiger charge is -2.15. The first kappa shape index (κ1) is 13.0. The molecule has 0 aliphatic carbocycles. The number of aromatic nitrogens is 1. The molecule has 6 nitrogen and oxygen atoms in total. The number of carboxylic acid groups (broad SMARTS) is 1. The number of anilines is 1. The average Bonchev–Trinajstić information content (AvgIpc) is 2.72. The molecule has 2 amide bonds. The molecule has 0 spiro atoms. The number of nitrogens with zero attached hydrogens (tertiary/aromatic N) is 2. The van der Waals surface area contributed by atoms with E-state index in [-0.39, 0.29) is 12.2 Å². The van der Waals surface area contributed by atoms with Crippen LogP contribution in [0.1, 0.15) is 26.3 Å². The van der Waals surface area contributed by atoms with Gasteiger partial charge in [-0.3, -0.25) is 14.4 Å². The highest BCUT2D eigenvalue weighted by molar-refractivity contribution is 6.34. The molecule has 1 aliphatic rings. The standard InChI is InChI=1S/C15H10N2O4/c18-12(19)8-9-4-3-7-16-13(9)17-14(20)10-5-1-2-6-11(10)15(17)21/h1-7H,8H2,(H,18,19). The predicted octanol–water partition coefficient (Wildman–Crippen LogP) is 1.51. The highest BCUT2D eigenvalue weighted by Crippen LogP contribution is 2.29. The summed E-state index contributed by atoms with van der Waals surface area (Å²) in [5, 5.41) is 8.92. The number of carbonyl (C=O) groups is 3. The fourth-order valence-corrected chi connectivity index (χ4v) is 2.31. The third-order valence-corrected chi connectivity index (χ3v) is 3.22. The summed E-state index contributed by atoms with van der Waals surface area (Å²) in [4.78, 5) is 40.6. The maximum absolute atomic E-state index is 12.4. The predicted molar refractivity (Wildman–Crippen MR) is 73.2 cm³/mol. The number of hydrogen-bond donors (Lipinski definition) is 1. The molecule has 0 radical (unpaired) electrons. The molecular formula is C15H10N2O4. The summed E-state index contributed by atoms with van der Waals surface area (Å²) in [6.45, 7) is 0. The molecule has 1 N–H and O–H groups in total. The molecule has 21 heavy (non-hydrogen) atoms. The molecule has 2 aromatic rings. The third-order valence-electron chi connectivity index (χ3n) is 3.22. The summed E-state index contributed by atoms with van der Waals surface area (Å²) in [6.07, 6.45) is 1.11. The highest BCUT2D eigenvalue weighted by atomic mass is 16.4. The molecule has 0 saturated carbocycles. The van der Waals surface area contributed by atoms with Crippen molar-refractivity contribution in [2.75, 3.05) is 4.90 Å². The van der Waals surface area contributed by atoms with Crippen LogP contribution in [0.5, 0.6) is 0 Å². The van der Waals surface area contributed by atoms with Gasteiger partial charge in [0.05, 0.1) is 17.5 Å². The molecule has 0 bridgehead atoms. The van der Waals surface area contributed by atoms with E-state index in [4.69, 9.17) is 5.11 Å². The minimum atomic E-state index is -1.05. The van der Waals surface area contributed by atoms with Crippen LogP contribution in [-0.2, 0) is 11.2 Å². The number of benzene rings is 1. The van der Waals surface area contributed by atoms with E-state index in [1.807, 2.05) is 0 Å². The molecule has 1 aromatic heterocycles. The number of amides is 2. The molecule has 0 fully saturated rings. The first-order valence-electron chi connectivity index (χ1n) is 6.23. The van der Waals surface area contributed by atoms with Crippen molar-refractivity contribution < 1.29 is 19.5 Å². The topological polar surface area (TPSA) is 87.6 Å². The highest BCUT2D eigenvalue weighted by Gasteiger charge is 2.38. The Morgan fingerprint density at radius 3 is 2.24 bits per heavy atom. The molecule has 104 valence electrons. The Bertz CT molecular complexity index is 735. The van der Waals surface area contributed by atoms with Crippen molar-refractivity contribution in [3.8, 4) is 0 Å². The van der Waals surface area contributed by atoms with Crippen molar-refractivity contribution in [3.05, 3.63) is 59.3 Å². The Hall–Kier alpha value is -3.02. The van der Waals surface area contributed by atoms with Crippen LogP contribution in [0.4, 0.5) is 5.82 Å². The van der Waals surface area contributed by atoms with Crippen molar-refractivity contribution in [1.29, 1.82) is 0 Å². The van der Waals surface area contributed by atoms with Crippen LogP contribution in [-0.4, -0.2) is 27.9 Å². The number of hydrogen-bond acceptors (Lipinski definition) is 4. The average molecular weight is 282 g/mol. The van der Waals surface area contributed by atoms with Crippen molar-refractivity contribution in [3.63, 3.8) is 0 Å². The van der Waals surface area contributed by atoms with Crippen LogP contribution >= 0.6 is 0 Å². The Morgan fingerprint density at radius 2 is 1.67 bits per heavy atom. The minimum Gasteiger partial charge on any atom is -0.481 e. The maximum Gasteiger partial charge on any atom is 0.307 e. The fourth-order valence-electron chi connectivity index (χ4n) is 2.31. The molecule has 1 aliphatic heterocycles. The fraction of sp³-hybridized carbons (Fsp3) is 0.0667. The van der Waals surface area contributed by atoms with Crippen LogP contribution in [0, 0.1) is 0 Å². The van der Waals surface area contributed by atoms with Crippen LogP contribution in [0.3, 0.4) is 0 Å². The van der Waals surface area contributed by atoms with Crippen LogP contribution < -0.4 is 4.90 Å².